The van der Waals surface area contributed by atoms with E-state index in [1.54, 1.807) is 19.1 Å². The van der Waals surface area contributed by atoms with E-state index in [0.29, 0.717) is 12.2 Å². The van der Waals surface area contributed by atoms with Crippen molar-refractivity contribution in [1.29, 1.82) is 0 Å². The molecule has 4 nitrogen and oxygen atoms in total. The molecule has 1 aromatic rings. The molecule has 4 heteroatoms. The van der Waals surface area contributed by atoms with Crippen LogP contribution in [0.5, 0.6) is 5.75 Å². The fourth-order valence-electron chi connectivity index (χ4n) is 1.03. The molecule has 0 spiro atoms. The summed E-state index contributed by atoms with van der Waals surface area (Å²) in [5, 5.41) is 0. The Morgan fingerprint density at radius 3 is 2.47 bits per heavy atom. The van der Waals surface area contributed by atoms with E-state index in [-0.39, 0.29) is 5.71 Å². The van der Waals surface area contributed by atoms with Crippen LogP contribution >= 0.6 is 0 Å². The largest absolute Gasteiger partial charge is 0.422 e. The number of benzene rings is 1. The third kappa shape index (κ3) is 3.04. The van der Waals surface area contributed by atoms with Crippen molar-refractivity contribution in [3.05, 3.63) is 35.4 Å². The minimum absolute atomic E-state index is 0.00979. The van der Waals surface area contributed by atoms with Crippen molar-refractivity contribution in [2.24, 2.45) is 0 Å². The van der Waals surface area contributed by atoms with Crippen molar-refractivity contribution in [1.82, 2.24) is 0 Å². The molecular formula is C11H12N2O2. The highest BCUT2D eigenvalue weighted by molar-refractivity contribution is 6.34. The molecule has 0 amide bonds. The molecule has 0 atom stereocenters. The lowest BCUT2D eigenvalue weighted by atomic mass is 10.2. The molecule has 0 saturated heterocycles. The summed E-state index contributed by atoms with van der Waals surface area (Å²) in [5.74, 6) is -0.177. The molecule has 0 aromatic heterocycles. The molecule has 0 unspecified atom stereocenters. The van der Waals surface area contributed by atoms with E-state index in [1.807, 2.05) is 19.1 Å². The Hall–Kier alpha value is -1.93. The average Bonchev–Trinajstić information content (AvgIpc) is 2.23. The SMILES string of the molecule is CCC(=[N+]=[N-])C(=O)Oc1ccc(C)cc1. The van der Waals surface area contributed by atoms with Crippen LogP contribution in [0.15, 0.2) is 24.3 Å². The van der Waals surface area contributed by atoms with Gasteiger partial charge in [0.05, 0.1) is 6.42 Å². The lowest BCUT2D eigenvalue weighted by Gasteiger charge is -2.00. The van der Waals surface area contributed by atoms with Crippen LogP contribution in [0.1, 0.15) is 18.9 Å². The smallest absolute Gasteiger partial charge is 0.418 e. The van der Waals surface area contributed by atoms with Gasteiger partial charge in [0, 0.05) is 0 Å². The number of aryl methyl sites for hydroxylation is 1. The van der Waals surface area contributed by atoms with Crippen LogP contribution in [-0.4, -0.2) is 16.5 Å². The van der Waals surface area contributed by atoms with E-state index < -0.39 is 5.97 Å². The van der Waals surface area contributed by atoms with Crippen molar-refractivity contribution < 1.29 is 14.3 Å². The summed E-state index contributed by atoms with van der Waals surface area (Å²) in [6.07, 6.45) is 0.335. The number of hydrogen-bond acceptors (Lipinski definition) is 2. The summed E-state index contributed by atoms with van der Waals surface area (Å²) in [5.41, 5.74) is 9.60. The van der Waals surface area contributed by atoms with Crippen molar-refractivity contribution in [2.75, 3.05) is 0 Å². The molecule has 0 aliphatic carbocycles. The zero-order chi connectivity index (χ0) is 11.3. The minimum atomic E-state index is -0.621. The third-order valence-electron chi connectivity index (χ3n) is 1.92. The van der Waals surface area contributed by atoms with Crippen molar-refractivity contribution in [3.63, 3.8) is 0 Å². The molecule has 0 saturated carbocycles. The molecule has 0 bridgehead atoms. The topological polar surface area (TPSA) is 62.7 Å². The lowest BCUT2D eigenvalue weighted by molar-refractivity contribution is -0.131. The molecule has 0 fully saturated rings. The molecule has 1 rings (SSSR count). The van der Waals surface area contributed by atoms with Gasteiger partial charge in [0.1, 0.15) is 5.75 Å². The second-order valence-electron chi connectivity index (χ2n) is 3.10. The van der Waals surface area contributed by atoms with Crippen LogP contribution in [0.25, 0.3) is 5.53 Å². The molecule has 0 heterocycles. The fraction of sp³-hybridized carbons (Fsp3) is 0.273. The fourth-order valence-corrected chi connectivity index (χ4v) is 1.03. The van der Waals surface area contributed by atoms with Gasteiger partial charge in [-0.15, -0.1) is 0 Å². The summed E-state index contributed by atoms with van der Waals surface area (Å²) < 4.78 is 4.98. The Kier molecular flexibility index (Phi) is 3.77. The summed E-state index contributed by atoms with van der Waals surface area (Å²) in [7, 11) is 0. The highest BCUT2D eigenvalue weighted by Gasteiger charge is 2.19. The molecule has 0 aliphatic rings. The quantitative estimate of drug-likeness (QED) is 0.248. The van der Waals surface area contributed by atoms with Crippen LogP contribution in [0, 0.1) is 6.92 Å². The zero-order valence-corrected chi connectivity index (χ0v) is 8.73. The third-order valence-corrected chi connectivity index (χ3v) is 1.92. The van der Waals surface area contributed by atoms with Gasteiger partial charge in [0.25, 0.3) is 0 Å². The summed E-state index contributed by atoms with van der Waals surface area (Å²) in [4.78, 5) is 14.2. The summed E-state index contributed by atoms with van der Waals surface area (Å²) in [6, 6.07) is 7.06. The Bertz CT molecular complexity index is 403. The van der Waals surface area contributed by atoms with E-state index in [4.69, 9.17) is 10.3 Å². The van der Waals surface area contributed by atoms with E-state index in [9.17, 15) is 4.79 Å². The predicted molar refractivity (Wildman–Crippen MR) is 55.7 cm³/mol. The standard InChI is InChI=1S/C11H12N2O2/c1-3-10(13-12)11(14)15-9-6-4-8(2)5-7-9/h4-7H,3H2,1-2H3. The molecule has 0 N–H and O–H groups in total. The van der Waals surface area contributed by atoms with Crippen molar-refractivity contribution >= 4 is 11.7 Å². The second kappa shape index (κ2) is 5.08. The predicted octanol–water partition coefficient (Wildman–Crippen LogP) is 1.98. The highest BCUT2D eigenvalue weighted by Crippen LogP contribution is 2.11. The van der Waals surface area contributed by atoms with Crippen LogP contribution in [0.3, 0.4) is 0 Å². The van der Waals surface area contributed by atoms with E-state index in [1.165, 1.54) is 0 Å². The molecule has 1 aromatic carbocycles. The van der Waals surface area contributed by atoms with Crippen LogP contribution in [0.4, 0.5) is 0 Å². The summed E-state index contributed by atoms with van der Waals surface area (Å²) in [6.45, 7) is 3.66. The van der Waals surface area contributed by atoms with Gasteiger partial charge in [-0.25, -0.2) is 4.79 Å². The number of hydrogen-bond donors (Lipinski definition) is 0. The number of carbonyl (C=O) groups is 1. The molecule has 0 aliphatic heterocycles. The van der Waals surface area contributed by atoms with Gasteiger partial charge in [-0.1, -0.05) is 24.6 Å². The normalized spacial score (nSPS) is 9.20. The zero-order valence-electron chi connectivity index (χ0n) is 8.73. The molecule has 15 heavy (non-hydrogen) atoms. The van der Waals surface area contributed by atoms with E-state index >= 15 is 0 Å². The first-order valence-electron chi connectivity index (χ1n) is 4.67. The lowest BCUT2D eigenvalue weighted by Crippen LogP contribution is -2.20. The summed E-state index contributed by atoms with van der Waals surface area (Å²) >= 11 is 0. The maximum Gasteiger partial charge on any atom is 0.422 e. The van der Waals surface area contributed by atoms with E-state index in [0.717, 1.165) is 5.56 Å². The van der Waals surface area contributed by atoms with Gasteiger partial charge in [0.15, 0.2) is 0 Å². The maximum atomic E-state index is 11.3. The average molecular weight is 204 g/mol. The van der Waals surface area contributed by atoms with Gasteiger partial charge in [-0.05, 0) is 19.1 Å². The van der Waals surface area contributed by atoms with Crippen LogP contribution in [-0.2, 0) is 4.79 Å². The van der Waals surface area contributed by atoms with E-state index in [2.05, 4.69) is 4.79 Å². The van der Waals surface area contributed by atoms with Gasteiger partial charge < -0.3 is 10.3 Å². The number of rotatable bonds is 3. The Balaban J connectivity index is 2.74. The Morgan fingerprint density at radius 2 is 2.00 bits per heavy atom. The van der Waals surface area contributed by atoms with Crippen LogP contribution < -0.4 is 4.74 Å². The number of ether oxygens (including phenoxy) is 1. The molecular weight excluding hydrogens is 192 g/mol. The first-order chi connectivity index (χ1) is 7.17. The number of esters is 1. The Morgan fingerprint density at radius 1 is 1.40 bits per heavy atom. The molecule has 78 valence electrons. The van der Waals surface area contributed by atoms with Gasteiger partial charge in [-0.2, -0.15) is 4.79 Å². The van der Waals surface area contributed by atoms with Gasteiger partial charge >= 0.3 is 11.7 Å². The monoisotopic (exact) mass is 204 g/mol. The highest BCUT2D eigenvalue weighted by atomic mass is 16.5. The number of carbonyl (C=O) groups excluding carboxylic acids is 1. The van der Waals surface area contributed by atoms with Crippen LogP contribution in [0.2, 0.25) is 0 Å². The van der Waals surface area contributed by atoms with Gasteiger partial charge in [0.2, 0.25) is 0 Å². The van der Waals surface area contributed by atoms with Crippen molar-refractivity contribution in [3.8, 4) is 5.75 Å². The minimum Gasteiger partial charge on any atom is -0.418 e. The first kappa shape index (κ1) is 11.1. The Labute approximate surface area is 88.1 Å². The first-order valence-corrected chi connectivity index (χ1v) is 4.67. The van der Waals surface area contributed by atoms with Gasteiger partial charge in [-0.3, -0.25) is 0 Å². The second-order valence-corrected chi connectivity index (χ2v) is 3.10. The maximum absolute atomic E-state index is 11.3. The molecule has 0 radical (unpaired) electrons. The number of nitrogens with zero attached hydrogens (tertiary/aromatic N) is 2. The van der Waals surface area contributed by atoms with Crippen molar-refractivity contribution in [2.45, 2.75) is 20.3 Å².